The lowest BCUT2D eigenvalue weighted by Gasteiger charge is -2.33. The first-order chi connectivity index (χ1) is 21.3. The third-order valence-electron chi connectivity index (χ3n) is 7.70. The Bertz CT molecular complexity index is 1370. The molecule has 1 heterocycles. The predicted octanol–water partition coefficient (Wildman–Crippen LogP) is 7.32. The monoisotopic (exact) mass is 601 g/mol. The van der Waals surface area contributed by atoms with Gasteiger partial charge >= 0.3 is 5.97 Å². The Morgan fingerprint density at radius 3 is 2.52 bits per heavy atom. The lowest BCUT2D eigenvalue weighted by molar-refractivity contribution is -0.180. The van der Waals surface area contributed by atoms with Crippen molar-refractivity contribution >= 4 is 12.0 Å². The number of carbonyl (C=O) groups is 1. The molecule has 7 nitrogen and oxygen atoms in total. The second kappa shape index (κ2) is 17.1. The van der Waals surface area contributed by atoms with Gasteiger partial charge in [-0.1, -0.05) is 61.4 Å². The number of aliphatic carboxylic acids is 1. The van der Waals surface area contributed by atoms with Gasteiger partial charge in [0.25, 0.3) is 0 Å². The summed E-state index contributed by atoms with van der Waals surface area (Å²) < 4.78 is 17.4. The van der Waals surface area contributed by atoms with Crippen molar-refractivity contribution in [1.29, 1.82) is 0 Å². The van der Waals surface area contributed by atoms with Crippen LogP contribution in [0.25, 0.3) is 17.2 Å². The van der Waals surface area contributed by atoms with Gasteiger partial charge < -0.3 is 29.7 Å². The summed E-state index contributed by atoms with van der Waals surface area (Å²) in [6.07, 6.45) is 9.78. The summed E-state index contributed by atoms with van der Waals surface area (Å²) in [5, 5.41) is 22.8. The van der Waals surface area contributed by atoms with E-state index in [9.17, 15) is 9.90 Å². The number of fused-ring (bicyclic) bond motifs is 1. The van der Waals surface area contributed by atoms with Gasteiger partial charge in [0.2, 0.25) is 5.79 Å². The molecule has 1 atom stereocenters. The molecule has 236 valence electrons. The Labute approximate surface area is 261 Å². The van der Waals surface area contributed by atoms with Crippen molar-refractivity contribution in [1.82, 2.24) is 5.32 Å². The zero-order valence-corrected chi connectivity index (χ0v) is 26.1. The number of hydrogen-bond acceptors (Lipinski definition) is 6. The third-order valence-corrected chi connectivity index (χ3v) is 7.70. The quantitative estimate of drug-likeness (QED) is 0.104. The number of nitrogens with one attached hydrogen (secondary N) is 1. The highest BCUT2D eigenvalue weighted by atomic mass is 16.7. The van der Waals surface area contributed by atoms with Gasteiger partial charge in [-0.2, -0.15) is 0 Å². The number of aliphatic hydroxyl groups is 1. The molecule has 3 aromatic carbocycles. The van der Waals surface area contributed by atoms with E-state index in [1.807, 2.05) is 50.2 Å². The summed E-state index contributed by atoms with van der Waals surface area (Å²) in [6, 6.07) is 22.3. The fourth-order valence-corrected chi connectivity index (χ4v) is 5.26. The van der Waals surface area contributed by atoms with Gasteiger partial charge in [-0.25, -0.2) is 4.79 Å². The first-order valence-electron chi connectivity index (χ1n) is 15.8. The highest BCUT2D eigenvalue weighted by Gasteiger charge is 2.27. The number of benzene rings is 3. The molecule has 44 heavy (non-hydrogen) atoms. The van der Waals surface area contributed by atoms with E-state index in [0.29, 0.717) is 13.2 Å². The Kier molecular flexibility index (Phi) is 13.0. The molecule has 0 saturated carbocycles. The summed E-state index contributed by atoms with van der Waals surface area (Å²) in [4.78, 5) is 10.8. The second-order valence-electron chi connectivity index (χ2n) is 11.9. The summed E-state index contributed by atoms with van der Waals surface area (Å²) in [5.74, 6) is -0.736. The zero-order chi connectivity index (χ0) is 31.2. The maximum atomic E-state index is 10.8. The van der Waals surface area contributed by atoms with Crippen LogP contribution in [-0.2, 0) is 27.3 Å². The van der Waals surface area contributed by atoms with Crippen molar-refractivity contribution in [2.45, 2.75) is 77.3 Å². The lowest BCUT2D eigenvalue weighted by Crippen LogP contribution is -2.35. The number of rotatable bonds is 18. The smallest absolute Gasteiger partial charge is 0.328 e. The van der Waals surface area contributed by atoms with Crippen LogP contribution in [0.15, 0.2) is 72.8 Å². The minimum Gasteiger partial charge on any atom is -0.478 e. The van der Waals surface area contributed by atoms with Crippen LogP contribution < -0.4 is 10.1 Å². The molecule has 4 rings (SSSR count). The van der Waals surface area contributed by atoms with Crippen LogP contribution in [0, 0.1) is 0 Å². The maximum absolute atomic E-state index is 10.8. The number of unbranched alkanes of at least 4 members (excludes halogenated alkanes) is 4. The molecular weight excluding hydrogens is 554 g/mol. The van der Waals surface area contributed by atoms with Crippen molar-refractivity contribution in [2.24, 2.45) is 0 Å². The minimum atomic E-state index is -0.946. The van der Waals surface area contributed by atoms with E-state index < -0.39 is 17.9 Å². The number of ether oxygens (including phenoxy) is 3. The van der Waals surface area contributed by atoms with Crippen LogP contribution in [0.2, 0.25) is 0 Å². The van der Waals surface area contributed by atoms with Crippen molar-refractivity contribution in [3.63, 3.8) is 0 Å². The first-order valence-corrected chi connectivity index (χ1v) is 15.8. The van der Waals surface area contributed by atoms with E-state index in [0.717, 1.165) is 104 Å². The topological polar surface area (TPSA) is 97.2 Å². The van der Waals surface area contributed by atoms with Crippen molar-refractivity contribution in [2.75, 3.05) is 26.3 Å². The summed E-state index contributed by atoms with van der Waals surface area (Å²) in [5.41, 5.74) is 6.24. The fraction of sp³-hybridized carbons (Fsp3) is 0.432. The highest BCUT2D eigenvalue weighted by Crippen LogP contribution is 2.33. The van der Waals surface area contributed by atoms with Gasteiger partial charge in [0, 0.05) is 45.2 Å². The van der Waals surface area contributed by atoms with Gasteiger partial charge in [-0.05, 0) is 90.7 Å². The Morgan fingerprint density at radius 1 is 0.955 bits per heavy atom. The molecule has 0 aromatic heterocycles. The van der Waals surface area contributed by atoms with Crippen LogP contribution in [0.5, 0.6) is 5.75 Å². The summed E-state index contributed by atoms with van der Waals surface area (Å²) in [6.45, 7) is 7.29. The molecule has 3 N–H and O–H groups in total. The molecular formula is C37H47NO6. The van der Waals surface area contributed by atoms with Gasteiger partial charge in [-0.15, -0.1) is 0 Å². The van der Waals surface area contributed by atoms with Gasteiger partial charge in [0.05, 0.1) is 12.7 Å². The molecule has 0 amide bonds. The van der Waals surface area contributed by atoms with E-state index in [4.69, 9.17) is 19.3 Å². The highest BCUT2D eigenvalue weighted by molar-refractivity contribution is 5.85. The third kappa shape index (κ3) is 11.2. The molecule has 0 saturated heterocycles. The van der Waals surface area contributed by atoms with Crippen molar-refractivity contribution in [3.05, 3.63) is 95.1 Å². The van der Waals surface area contributed by atoms with Crippen molar-refractivity contribution in [3.8, 4) is 16.9 Å². The predicted molar refractivity (Wildman–Crippen MR) is 175 cm³/mol. The van der Waals surface area contributed by atoms with E-state index >= 15 is 0 Å². The van der Waals surface area contributed by atoms with Crippen LogP contribution in [-0.4, -0.2) is 48.3 Å². The number of aryl methyl sites for hydroxylation is 1. The average Bonchev–Trinajstić information content (AvgIpc) is 3.01. The standard InChI is InChI=1S/C37H47NO6/c1-37(2)43-27-33-25-32(17-18-35(33)44-37)34(39)26-38-20-6-3-4-7-21-42-22-8-5-11-28-12-9-14-30(23-28)31-15-10-13-29(24-31)16-19-36(40)41/h9-10,12-19,23-25,34,38-39H,3-8,11,20-22,26-27H2,1-2H3,(H,40,41)/t34-/m0/s1. The molecule has 1 aliphatic heterocycles. The fourth-order valence-electron chi connectivity index (χ4n) is 5.26. The largest absolute Gasteiger partial charge is 0.478 e. The molecule has 0 bridgehead atoms. The van der Waals surface area contributed by atoms with Crippen molar-refractivity contribution < 1.29 is 29.2 Å². The number of carboxylic acids is 1. The summed E-state index contributed by atoms with van der Waals surface area (Å²) >= 11 is 0. The summed E-state index contributed by atoms with van der Waals surface area (Å²) in [7, 11) is 0. The molecule has 7 heteroatoms. The Morgan fingerprint density at radius 2 is 1.70 bits per heavy atom. The van der Waals surface area contributed by atoms with E-state index in [2.05, 4.69) is 35.6 Å². The Hall–Kier alpha value is -3.49. The molecule has 0 fully saturated rings. The Balaban J connectivity index is 1.01. The SMILES string of the molecule is CC1(C)OCc2cc([C@@H](O)CNCCCCCCOCCCCc3cccc(-c4cccc(C=CC(=O)O)c4)c3)ccc2O1. The molecule has 0 radical (unpaired) electrons. The normalized spacial score (nSPS) is 14.7. The number of aliphatic hydroxyl groups excluding tert-OH is 1. The minimum absolute atomic E-state index is 0.490. The molecule has 1 aliphatic rings. The zero-order valence-electron chi connectivity index (χ0n) is 26.1. The van der Waals surface area contributed by atoms with Crippen LogP contribution >= 0.6 is 0 Å². The average molecular weight is 602 g/mol. The van der Waals surface area contributed by atoms with E-state index in [1.165, 1.54) is 5.56 Å². The van der Waals surface area contributed by atoms with Crippen LogP contribution in [0.1, 0.15) is 80.7 Å². The van der Waals surface area contributed by atoms with Crippen LogP contribution in [0.3, 0.4) is 0 Å². The van der Waals surface area contributed by atoms with Gasteiger partial charge in [0.1, 0.15) is 5.75 Å². The maximum Gasteiger partial charge on any atom is 0.328 e. The van der Waals surface area contributed by atoms with Gasteiger partial charge in [0.15, 0.2) is 0 Å². The second-order valence-corrected chi connectivity index (χ2v) is 11.9. The molecule has 0 spiro atoms. The first kappa shape index (κ1) is 33.4. The molecule has 0 unspecified atom stereocenters. The molecule has 3 aromatic rings. The molecule has 0 aliphatic carbocycles. The van der Waals surface area contributed by atoms with Crippen LogP contribution in [0.4, 0.5) is 0 Å². The van der Waals surface area contributed by atoms with E-state index in [1.54, 1.807) is 6.08 Å². The number of carboxylic acid groups (broad SMARTS) is 1. The number of hydrogen-bond donors (Lipinski definition) is 3. The van der Waals surface area contributed by atoms with E-state index in [-0.39, 0.29) is 0 Å². The lowest BCUT2D eigenvalue weighted by atomic mass is 9.99. The van der Waals surface area contributed by atoms with Gasteiger partial charge in [-0.3, -0.25) is 0 Å².